The van der Waals surface area contributed by atoms with Gasteiger partial charge in [0.1, 0.15) is 5.75 Å². The van der Waals surface area contributed by atoms with Crippen LogP contribution in [0.4, 0.5) is 5.69 Å². The lowest BCUT2D eigenvalue weighted by molar-refractivity contribution is 0.415. The van der Waals surface area contributed by atoms with Gasteiger partial charge in [-0.2, -0.15) is 0 Å². The largest absolute Gasteiger partial charge is 0.497 e. The molecule has 0 saturated heterocycles. The van der Waals surface area contributed by atoms with Gasteiger partial charge in [0.25, 0.3) is 0 Å². The van der Waals surface area contributed by atoms with E-state index in [-0.39, 0.29) is 0 Å². The standard InChI is InChI=1S/C16H19NO/c1-12-6-4-5-7-16(12)13(2)17-14-8-10-15(18-3)11-9-14/h4-11,13,17H,1-3H3. The van der Waals surface area contributed by atoms with Gasteiger partial charge >= 0.3 is 0 Å². The van der Waals surface area contributed by atoms with Crippen LogP contribution in [-0.4, -0.2) is 7.11 Å². The van der Waals surface area contributed by atoms with Crippen LogP contribution in [0, 0.1) is 6.92 Å². The van der Waals surface area contributed by atoms with E-state index in [4.69, 9.17) is 4.74 Å². The van der Waals surface area contributed by atoms with Gasteiger partial charge in [-0.1, -0.05) is 24.3 Å². The van der Waals surface area contributed by atoms with E-state index in [1.54, 1.807) is 7.11 Å². The van der Waals surface area contributed by atoms with Crippen molar-refractivity contribution in [3.8, 4) is 5.75 Å². The lowest BCUT2D eigenvalue weighted by Gasteiger charge is -2.18. The topological polar surface area (TPSA) is 21.3 Å². The van der Waals surface area contributed by atoms with Gasteiger partial charge in [0.2, 0.25) is 0 Å². The van der Waals surface area contributed by atoms with E-state index in [1.807, 2.05) is 24.3 Å². The number of hydrogen-bond donors (Lipinski definition) is 1. The van der Waals surface area contributed by atoms with Gasteiger partial charge < -0.3 is 10.1 Å². The summed E-state index contributed by atoms with van der Waals surface area (Å²) < 4.78 is 5.15. The fourth-order valence-electron chi connectivity index (χ4n) is 2.09. The minimum absolute atomic E-state index is 0.291. The highest BCUT2D eigenvalue weighted by Gasteiger charge is 2.07. The number of methoxy groups -OCH3 is 1. The van der Waals surface area contributed by atoms with Gasteiger partial charge in [0, 0.05) is 11.7 Å². The molecule has 0 saturated carbocycles. The molecule has 18 heavy (non-hydrogen) atoms. The lowest BCUT2D eigenvalue weighted by Crippen LogP contribution is -2.07. The van der Waals surface area contributed by atoms with E-state index in [1.165, 1.54) is 11.1 Å². The fraction of sp³-hybridized carbons (Fsp3) is 0.250. The average Bonchev–Trinajstić information content (AvgIpc) is 2.40. The molecule has 2 heteroatoms. The zero-order valence-electron chi connectivity index (χ0n) is 11.1. The molecule has 0 aromatic heterocycles. The summed E-state index contributed by atoms with van der Waals surface area (Å²) >= 11 is 0. The van der Waals surface area contributed by atoms with Crippen molar-refractivity contribution >= 4 is 5.69 Å². The highest BCUT2D eigenvalue weighted by Crippen LogP contribution is 2.23. The quantitative estimate of drug-likeness (QED) is 0.867. The predicted octanol–water partition coefficient (Wildman–Crippen LogP) is 4.18. The van der Waals surface area contributed by atoms with Crippen molar-refractivity contribution in [2.24, 2.45) is 0 Å². The zero-order chi connectivity index (χ0) is 13.0. The van der Waals surface area contributed by atoms with Gasteiger partial charge in [-0.25, -0.2) is 0 Å². The van der Waals surface area contributed by atoms with Crippen LogP contribution in [0.1, 0.15) is 24.1 Å². The third-order valence-electron chi connectivity index (χ3n) is 3.13. The minimum atomic E-state index is 0.291. The molecule has 0 spiro atoms. The minimum Gasteiger partial charge on any atom is -0.497 e. The molecule has 2 aromatic carbocycles. The molecule has 94 valence electrons. The van der Waals surface area contributed by atoms with Gasteiger partial charge in [-0.05, 0) is 49.2 Å². The summed E-state index contributed by atoms with van der Waals surface area (Å²) in [5.41, 5.74) is 3.74. The monoisotopic (exact) mass is 241 g/mol. The Hall–Kier alpha value is -1.96. The number of aryl methyl sites for hydroxylation is 1. The van der Waals surface area contributed by atoms with Gasteiger partial charge in [-0.15, -0.1) is 0 Å². The second-order valence-corrected chi connectivity index (χ2v) is 4.45. The number of rotatable bonds is 4. The maximum absolute atomic E-state index is 5.15. The number of nitrogens with one attached hydrogen (secondary N) is 1. The molecule has 0 aliphatic heterocycles. The first-order valence-electron chi connectivity index (χ1n) is 6.17. The van der Waals surface area contributed by atoms with Gasteiger partial charge in [0.15, 0.2) is 0 Å². The van der Waals surface area contributed by atoms with Crippen LogP contribution in [0.15, 0.2) is 48.5 Å². The fourth-order valence-corrected chi connectivity index (χ4v) is 2.09. The van der Waals surface area contributed by atoms with E-state index in [0.717, 1.165) is 11.4 Å². The summed E-state index contributed by atoms with van der Waals surface area (Å²) in [6.07, 6.45) is 0. The Kier molecular flexibility index (Phi) is 3.88. The first kappa shape index (κ1) is 12.5. The molecule has 0 bridgehead atoms. The van der Waals surface area contributed by atoms with Gasteiger partial charge in [-0.3, -0.25) is 0 Å². The molecule has 2 nitrogen and oxygen atoms in total. The van der Waals surface area contributed by atoms with Crippen molar-refractivity contribution in [3.63, 3.8) is 0 Å². The Bertz CT molecular complexity index is 505. The molecule has 0 aliphatic carbocycles. The second-order valence-electron chi connectivity index (χ2n) is 4.45. The molecule has 0 fully saturated rings. The van der Waals surface area contributed by atoms with Crippen molar-refractivity contribution < 1.29 is 4.74 Å². The van der Waals surface area contributed by atoms with Crippen molar-refractivity contribution in [1.29, 1.82) is 0 Å². The summed E-state index contributed by atoms with van der Waals surface area (Å²) in [5.74, 6) is 0.879. The van der Waals surface area contributed by atoms with Crippen LogP contribution in [-0.2, 0) is 0 Å². The maximum atomic E-state index is 5.15. The van der Waals surface area contributed by atoms with Crippen molar-refractivity contribution in [2.45, 2.75) is 19.9 Å². The maximum Gasteiger partial charge on any atom is 0.119 e. The Balaban J connectivity index is 2.11. The molecule has 0 heterocycles. The highest BCUT2D eigenvalue weighted by atomic mass is 16.5. The van der Waals surface area contributed by atoms with E-state index in [0.29, 0.717) is 6.04 Å². The average molecular weight is 241 g/mol. The first-order chi connectivity index (χ1) is 8.70. The van der Waals surface area contributed by atoms with Crippen molar-refractivity contribution in [1.82, 2.24) is 0 Å². The highest BCUT2D eigenvalue weighted by molar-refractivity contribution is 5.48. The third-order valence-corrected chi connectivity index (χ3v) is 3.13. The van der Waals surface area contributed by atoms with Crippen LogP contribution in [0.5, 0.6) is 5.75 Å². The van der Waals surface area contributed by atoms with Crippen LogP contribution in [0.3, 0.4) is 0 Å². The summed E-state index contributed by atoms with van der Waals surface area (Å²) in [5, 5.41) is 3.49. The second kappa shape index (κ2) is 5.58. The predicted molar refractivity (Wildman–Crippen MR) is 76.2 cm³/mol. The van der Waals surface area contributed by atoms with Crippen molar-refractivity contribution in [2.75, 3.05) is 12.4 Å². The Morgan fingerprint density at radius 2 is 1.67 bits per heavy atom. The van der Waals surface area contributed by atoms with E-state index in [2.05, 4.69) is 43.4 Å². The normalized spacial score (nSPS) is 11.9. The number of benzene rings is 2. The summed E-state index contributed by atoms with van der Waals surface area (Å²) in [6.45, 7) is 4.31. The van der Waals surface area contributed by atoms with E-state index in [9.17, 15) is 0 Å². The van der Waals surface area contributed by atoms with Crippen LogP contribution in [0.2, 0.25) is 0 Å². The van der Waals surface area contributed by atoms with E-state index >= 15 is 0 Å². The van der Waals surface area contributed by atoms with Crippen LogP contribution in [0.25, 0.3) is 0 Å². The number of anilines is 1. The summed E-state index contributed by atoms with van der Waals surface area (Å²) in [6, 6.07) is 16.7. The molecule has 1 N–H and O–H groups in total. The molecule has 2 rings (SSSR count). The molecule has 1 atom stereocenters. The molecular weight excluding hydrogens is 222 g/mol. The molecule has 0 aliphatic rings. The van der Waals surface area contributed by atoms with E-state index < -0.39 is 0 Å². The Labute approximate surface area is 109 Å². The molecule has 1 unspecified atom stereocenters. The number of ether oxygens (including phenoxy) is 1. The smallest absolute Gasteiger partial charge is 0.119 e. The van der Waals surface area contributed by atoms with Gasteiger partial charge in [0.05, 0.1) is 7.11 Å². The Morgan fingerprint density at radius 3 is 2.28 bits per heavy atom. The SMILES string of the molecule is COc1ccc(NC(C)c2ccccc2C)cc1. The third kappa shape index (κ3) is 2.83. The summed E-state index contributed by atoms with van der Waals surface area (Å²) in [7, 11) is 1.68. The number of hydrogen-bond acceptors (Lipinski definition) is 2. The summed E-state index contributed by atoms with van der Waals surface area (Å²) in [4.78, 5) is 0. The Morgan fingerprint density at radius 1 is 1.00 bits per heavy atom. The molecular formula is C16H19NO. The lowest BCUT2D eigenvalue weighted by atomic mass is 10.0. The molecule has 0 radical (unpaired) electrons. The molecule has 0 amide bonds. The van der Waals surface area contributed by atoms with Crippen LogP contribution < -0.4 is 10.1 Å². The molecule has 2 aromatic rings. The first-order valence-corrected chi connectivity index (χ1v) is 6.17. The zero-order valence-corrected chi connectivity index (χ0v) is 11.1. The van der Waals surface area contributed by atoms with Crippen molar-refractivity contribution in [3.05, 3.63) is 59.7 Å². The van der Waals surface area contributed by atoms with Crippen LogP contribution >= 0.6 is 0 Å².